The number of sulfone groups is 1. The average molecular weight is 761 g/mol. The number of hydrogen-bond acceptors (Lipinski definition) is 20. The first-order valence-electron chi connectivity index (χ1n) is 11.3. The van der Waals surface area contributed by atoms with Crippen LogP contribution in [0.4, 0.5) is 34.6 Å². The number of nitrogens with one attached hydrogen (secondary N) is 2. The molecular formula is C19H19ClN8Na2O12S4. The van der Waals surface area contributed by atoms with E-state index in [0.717, 1.165) is 0 Å². The fourth-order valence-corrected chi connectivity index (χ4v) is 5.40. The van der Waals surface area contributed by atoms with E-state index in [2.05, 4.69) is 49.4 Å². The topological polar surface area (TPSA) is 310 Å². The Hall–Kier alpha value is -1.30. The van der Waals surface area contributed by atoms with Crippen molar-refractivity contribution < 1.29 is 112 Å². The molecule has 0 aliphatic heterocycles. The number of nitrogens with two attached hydrogens (primary N) is 1. The van der Waals surface area contributed by atoms with Crippen molar-refractivity contribution in [2.45, 2.75) is 9.79 Å². The second-order valence-electron chi connectivity index (χ2n) is 7.96. The molecule has 0 radical (unpaired) electrons. The van der Waals surface area contributed by atoms with Crippen LogP contribution in [0.3, 0.4) is 0 Å². The van der Waals surface area contributed by atoms with E-state index >= 15 is 0 Å². The Morgan fingerprint density at radius 2 is 1.63 bits per heavy atom. The molecule has 27 heteroatoms. The molecule has 0 saturated carbocycles. The van der Waals surface area contributed by atoms with Crippen molar-refractivity contribution >= 4 is 88.6 Å². The fraction of sp³-hybridized carbons (Fsp3) is 0.211. The largest absolute Gasteiger partial charge is 1.00 e. The van der Waals surface area contributed by atoms with Crippen LogP contribution in [-0.2, 0) is 43.9 Å². The predicted molar refractivity (Wildman–Crippen MR) is 150 cm³/mol. The van der Waals surface area contributed by atoms with Gasteiger partial charge in [0.2, 0.25) is 27.6 Å². The molecule has 2 aromatic carbocycles. The van der Waals surface area contributed by atoms with Crippen molar-refractivity contribution in [1.82, 2.24) is 15.0 Å². The van der Waals surface area contributed by atoms with Gasteiger partial charge in [-0.1, -0.05) is 0 Å². The smallest absolute Gasteiger partial charge is 0.726 e. The van der Waals surface area contributed by atoms with E-state index in [1.165, 1.54) is 36.4 Å². The number of nitrogen functional groups attached to an aromatic ring is 1. The predicted octanol–water partition coefficient (Wildman–Crippen LogP) is -4.94. The zero-order valence-electron chi connectivity index (χ0n) is 23.6. The number of aromatic nitrogens is 3. The maximum atomic E-state index is 12.4. The minimum Gasteiger partial charge on any atom is -0.726 e. The Kier molecular flexibility index (Phi) is 17.7. The van der Waals surface area contributed by atoms with E-state index in [1.54, 1.807) is 0 Å². The molecule has 0 atom stereocenters. The molecule has 0 spiro atoms. The molecule has 0 fully saturated rings. The summed E-state index contributed by atoms with van der Waals surface area (Å²) in [6.45, 7) is -1.12. The van der Waals surface area contributed by atoms with Gasteiger partial charge in [0.15, 0.2) is 9.84 Å². The van der Waals surface area contributed by atoms with Crippen LogP contribution in [0.1, 0.15) is 0 Å². The first kappa shape index (κ1) is 42.7. The van der Waals surface area contributed by atoms with Crippen molar-refractivity contribution in [2.75, 3.05) is 41.0 Å². The van der Waals surface area contributed by atoms with E-state index in [1.807, 2.05) is 0 Å². The summed E-state index contributed by atoms with van der Waals surface area (Å²) in [6, 6.07) is 7.58. The van der Waals surface area contributed by atoms with Gasteiger partial charge in [-0.25, -0.2) is 16.8 Å². The first-order chi connectivity index (χ1) is 20.5. The Bertz CT molecular complexity index is 1840. The third-order valence-electron chi connectivity index (χ3n) is 4.83. The molecule has 0 amide bonds. The minimum atomic E-state index is -5.05. The van der Waals surface area contributed by atoms with Gasteiger partial charge in [0.25, 0.3) is 10.1 Å². The van der Waals surface area contributed by atoms with Crippen molar-refractivity contribution in [3.63, 3.8) is 0 Å². The van der Waals surface area contributed by atoms with E-state index in [4.69, 9.17) is 21.9 Å². The molecule has 240 valence electrons. The standard InChI is InChI=1S/C19H21ClN8O12S4.2Na/c20-17-24-18(22-5-7-43(32,33)34)26-19(25-17)23-14-9-13(21)16(41-40-39-29)10-15(14)28-27-11-1-3-12(4-2-11)42(30,31)8-6-38-44(35,36)37;;/h1-4,9-10,29H,5-8,21H2,(H,32,33,34)(H,35,36,37)(H2,22,23,24,25,26);;/q;2*+1/p-2. The summed E-state index contributed by atoms with van der Waals surface area (Å²) in [5.41, 5.74) is 6.44. The van der Waals surface area contributed by atoms with Gasteiger partial charge in [0.1, 0.15) is 5.69 Å². The van der Waals surface area contributed by atoms with E-state index in [0.29, 0.717) is 12.0 Å². The molecule has 0 unspecified atom stereocenters. The summed E-state index contributed by atoms with van der Waals surface area (Å²) >= 11 is 6.40. The van der Waals surface area contributed by atoms with Crippen LogP contribution in [0.2, 0.25) is 5.28 Å². The number of benzene rings is 2. The van der Waals surface area contributed by atoms with Crippen LogP contribution in [0.15, 0.2) is 56.4 Å². The average Bonchev–Trinajstić information content (AvgIpc) is 2.90. The van der Waals surface area contributed by atoms with E-state index in [-0.39, 0.29) is 115 Å². The molecule has 0 aliphatic carbocycles. The van der Waals surface area contributed by atoms with Gasteiger partial charge in [-0.05, 0) is 48.0 Å². The number of rotatable bonds is 16. The van der Waals surface area contributed by atoms with E-state index in [9.17, 15) is 35.1 Å². The van der Waals surface area contributed by atoms with Gasteiger partial charge in [0.05, 0.1) is 51.3 Å². The van der Waals surface area contributed by atoms with Crippen LogP contribution < -0.4 is 80.7 Å². The molecule has 0 aliphatic rings. The molecule has 46 heavy (non-hydrogen) atoms. The van der Waals surface area contributed by atoms with Crippen molar-refractivity contribution in [2.24, 2.45) is 10.2 Å². The molecule has 1 aromatic heterocycles. The zero-order valence-corrected chi connectivity index (χ0v) is 31.6. The maximum Gasteiger partial charge on any atom is 1.00 e. The second kappa shape index (κ2) is 19.0. The Balaban J connectivity index is 0.00000529. The quantitative estimate of drug-likeness (QED) is 0.0155. The minimum absolute atomic E-state index is 0. The maximum absolute atomic E-state index is 12.4. The summed E-state index contributed by atoms with van der Waals surface area (Å²) in [5, 5.41) is 26.8. The molecule has 5 N–H and O–H groups in total. The van der Waals surface area contributed by atoms with Crippen molar-refractivity contribution in [3.05, 3.63) is 41.7 Å². The van der Waals surface area contributed by atoms with Crippen LogP contribution in [-0.4, -0.2) is 74.0 Å². The summed E-state index contributed by atoms with van der Waals surface area (Å²) in [7, 11) is -13.3. The van der Waals surface area contributed by atoms with Gasteiger partial charge in [0, 0.05) is 12.2 Å². The molecule has 0 saturated heterocycles. The molecular weight excluding hydrogens is 742 g/mol. The molecule has 20 nitrogen and oxygen atoms in total. The molecule has 3 aromatic rings. The molecule has 0 bridgehead atoms. The van der Waals surface area contributed by atoms with E-state index < -0.39 is 48.5 Å². The van der Waals surface area contributed by atoms with Crippen LogP contribution in [0.5, 0.6) is 0 Å². The Labute approximate surface area is 315 Å². The van der Waals surface area contributed by atoms with Crippen molar-refractivity contribution in [3.8, 4) is 0 Å². The number of anilines is 4. The van der Waals surface area contributed by atoms with Crippen LogP contribution >= 0.6 is 23.6 Å². The number of halogens is 1. The third kappa shape index (κ3) is 14.9. The number of nitrogens with zero attached hydrogens (tertiary/aromatic N) is 5. The summed E-state index contributed by atoms with van der Waals surface area (Å²) in [6.07, 6.45) is 0. The third-order valence-corrected chi connectivity index (χ3v) is 8.52. The monoisotopic (exact) mass is 760 g/mol. The molecule has 3 rings (SSSR count). The SMILES string of the molecule is Nc1cc(Nc2nc(Cl)nc(NCCS(=O)(=O)O)n2)c(N=Nc2ccc(S(=O)(=O)CCOS(=O)(=O)[O-])cc2)cc1SOO[O-].[Na+].[Na+]. The zero-order chi connectivity index (χ0) is 32.5. The van der Waals surface area contributed by atoms with Crippen LogP contribution in [0.25, 0.3) is 0 Å². The Morgan fingerprint density at radius 3 is 2.24 bits per heavy atom. The first-order valence-corrected chi connectivity index (χ1v) is 17.1. The van der Waals surface area contributed by atoms with Gasteiger partial charge < -0.3 is 26.2 Å². The molecule has 1 heterocycles. The van der Waals surface area contributed by atoms with Gasteiger partial charge in [-0.15, -0.1) is 5.11 Å². The summed E-state index contributed by atoms with van der Waals surface area (Å²) in [4.78, 5) is 11.7. The summed E-state index contributed by atoms with van der Waals surface area (Å²) < 4.78 is 95.3. The number of hydrogen-bond donors (Lipinski definition) is 4. The normalized spacial score (nSPS) is 11.9. The Morgan fingerprint density at radius 1 is 0.978 bits per heavy atom. The fourth-order valence-electron chi connectivity index (χ4n) is 2.98. The van der Waals surface area contributed by atoms with Gasteiger partial charge in [-0.2, -0.15) is 32.8 Å². The van der Waals surface area contributed by atoms with Crippen LogP contribution in [0, 0.1) is 0 Å². The van der Waals surface area contributed by atoms with Gasteiger partial charge in [-0.3, -0.25) is 13.8 Å². The summed E-state index contributed by atoms with van der Waals surface area (Å²) in [5.74, 6) is -1.71. The second-order valence-corrected chi connectivity index (χ2v) is 13.8. The van der Waals surface area contributed by atoms with Gasteiger partial charge >= 0.3 is 59.1 Å². The van der Waals surface area contributed by atoms with Crippen molar-refractivity contribution in [1.29, 1.82) is 0 Å². The number of azo groups is 1.